The number of ketones is 1. The van der Waals surface area contributed by atoms with Crippen molar-refractivity contribution in [1.29, 1.82) is 0 Å². The lowest BCUT2D eigenvalue weighted by molar-refractivity contribution is -0.132. The lowest BCUT2D eigenvalue weighted by Gasteiger charge is -2.26. The molecule has 0 radical (unpaired) electrons. The van der Waals surface area contributed by atoms with E-state index in [0.29, 0.717) is 16.9 Å². The van der Waals surface area contributed by atoms with Gasteiger partial charge in [0.05, 0.1) is 23.4 Å². The molecular formula is C26H24N2O5. The summed E-state index contributed by atoms with van der Waals surface area (Å²) in [6.07, 6.45) is 3.10. The molecule has 0 aliphatic carbocycles. The van der Waals surface area contributed by atoms with Crippen LogP contribution < -0.4 is 9.64 Å². The Balaban J connectivity index is 1.88. The van der Waals surface area contributed by atoms with Crippen molar-refractivity contribution in [3.63, 3.8) is 0 Å². The average Bonchev–Trinajstić information content (AvgIpc) is 3.06. The summed E-state index contributed by atoms with van der Waals surface area (Å²) in [4.78, 5) is 31.6. The van der Waals surface area contributed by atoms with Crippen LogP contribution in [0.15, 0.2) is 72.6 Å². The van der Waals surface area contributed by atoms with E-state index >= 15 is 0 Å². The Bertz CT molecular complexity index is 1230. The van der Waals surface area contributed by atoms with E-state index in [1.165, 1.54) is 17.2 Å². The van der Waals surface area contributed by atoms with E-state index < -0.39 is 17.7 Å². The zero-order valence-electron chi connectivity index (χ0n) is 18.5. The number of amides is 1. The van der Waals surface area contributed by atoms with Crippen LogP contribution in [0.2, 0.25) is 0 Å². The Morgan fingerprint density at radius 3 is 2.45 bits per heavy atom. The maximum Gasteiger partial charge on any atom is 0.300 e. The summed E-state index contributed by atoms with van der Waals surface area (Å²) >= 11 is 0. The number of hydrogen-bond donors (Lipinski definition) is 2. The van der Waals surface area contributed by atoms with E-state index in [1.807, 2.05) is 20.8 Å². The number of Topliss-reactive ketones (excluding diaryl/α,β-unsaturated/α-hetero) is 1. The lowest BCUT2D eigenvalue weighted by Crippen LogP contribution is -2.29. The van der Waals surface area contributed by atoms with Gasteiger partial charge < -0.3 is 14.9 Å². The van der Waals surface area contributed by atoms with Crippen molar-refractivity contribution >= 4 is 23.1 Å². The number of rotatable bonds is 5. The number of pyridine rings is 1. The lowest BCUT2D eigenvalue weighted by atomic mass is 9.96. The number of ether oxygens (including phenoxy) is 1. The zero-order valence-corrected chi connectivity index (χ0v) is 18.5. The van der Waals surface area contributed by atoms with E-state index in [1.54, 1.807) is 54.7 Å². The molecule has 1 unspecified atom stereocenters. The number of aromatic nitrogens is 1. The third-order valence-electron chi connectivity index (χ3n) is 5.33. The van der Waals surface area contributed by atoms with Gasteiger partial charge in [-0.05, 0) is 74.4 Å². The van der Waals surface area contributed by atoms with Gasteiger partial charge in [0.1, 0.15) is 17.3 Å². The predicted octanol–water partition coefficient (Wildman–Crippen LogP) is 4.51. The minimum absolute atomic E-state index is 0.0117. The number of aryl methyl sites for hydroxylation is 1. The molecule has 3 aromatic rings. The van der Waals surface area contributed by atoms with Crippen molar-refractivity contribution in [3.05, 3.63) is 89.3 Å². The molecule has 0 spiro atoms. The molecule has 1 saturated heterocycles. The highest BCUT2D eigenvalue weighted by atomic mass is 16.5. The van der Waals surface area contributed by atoms with E-state index in [2.05, 4.69) is 4.98 Å². The molecule has 4 rings (SSSR count). The van der Waals surface area contributed by atoms with Crippen LogP contribution in [-0.4, -0.2) is 33.0 Å². The first kappa shape index (κ1) is 22.1. The topological polar surface area (TPSA) is 100.0 Å². The highest BCUT2D eigenvalue weighted by molar-refractivity contribution is 6.51. The molecule has 2 heterocycles. The Morgan fingerprint density at radius 1 is 1.09 bits per heavy atom. The monoisotopic (exact) mass is 444 g/mol. The summed E-state index contributed by atoms with van der Waals surface area (Å²) in [6, 6.07) is 13.9. The van der Waals surface area contributed by atoms with Crippen molar-refractivity contribution in [2.24, 2.45) is 0 Å². The molecule has 1 fully saturated rings. The maximum absolute atomic E-state index is 13.2. The Kier molecular flexibility index (Phi) is 5.87. The van der Waals surface area contributed by atoms with Crippen LogP contribution >= 0.6 is 0 Å². The van der Waals surface area contributed by atoms with Crippen LogP contribution in [-0.2, 0) is 9.59 Å². The number of aromatic hydroxyl groups is 1. The van der Waals surface area contributed by atoms with Gasteiger partial charge in [-0.3, -0.25) is 19.5 Å². The standard InChI is InChI=1S/C26H24N2O5/c1-15(2)33-19-9-7-17(8-10-19)24(30)22-23(18-5-4-12-27-14-18)28(26(32)25(22)31)20-13-16(3)6-11-21(20)29/h4-15,23,29-30H,1-3H3/b24-22+. The van der Waals surface area contributed by atoms with Crippen LogP contribution in [0.1, 0.15) is 36.6 Å². The van der Waals surface area contributed by atoms with Crippen molar-refractivity contribution in [3.8, 4) is 11.5 Å². The first-order chi connectivity index (χ1) is 15.8. The van der Waals surface area contributed by atoms with Gasteiger partial charge in [0.25, 0.3) is 11.7 Å². The summed E-state index contributed by atoms with van der Waals surface area (Å²) in [5.74, 6) is -1.52. The molecule has 7 heteroatoms. The number of phenolic OH excluding ortho intramolecular Hbond substituents is 1. The third-order valence-corrected chi connectivity index (χ3v) is 5.33. The zero-order chi connectivity index (χ0) is 23.7. The van der Waals surface area contributed by atoms with Gasteiger partial charge in [-0.15, -0.1) is 0 Å². The molecule has 168 valence electrons. The van der Waals surface area contributed by atoms with Gasteiger partial charge >= 0.3 is 0 Å². The summed E-state index contributed by atoms with van der Waals surface area (Å²) in [5.41, 5.74) is 1.80. The van der Waals surface area contributed by atoms with Crippen LogP contribution in [0, 0.1) is 6.92 Å². The first-order valence-corrected chi connectivity index (χ1v) is 10.6. The van der Waals surface area contributed by atoms with E-state index in [0.717, 1.165) is 5.56 Å². The van der Waals surface area contributed by atoms with Crippen molar-refractivity contribution in [1.82, 2.24) is 4.98 Å². The van der Waals surface area contributed by atoms with E-state index in [-0.39, 0.29) is 28.9 Å². The van der Waals surface area contributed by atoms with Gasteiger partial charge in [0.2, 0.25) is 0 Å². The van der Waals surface area contributed by atoms with Gasteiger partial charge in [-0.1, -0.05) is 12.1 Å². The second-order valence-electron chi connectivity index (χ2n) is 8.14. The number of carbonyl (C=O) groups is 2. The third kappa shape index (κ3) is 4.17. The number of phenols is 1. The highest BCUT2D eigenvalue weighted by Gasteiger charge is 2.47. The van der Waals surface area contributed by atoms with Crippen LogP contribution in [0.25, 0.3) is 5.76 Å². The quantitative estimate of drug-likeness (QED) is 0.341. The number of aliphatic hydroxyl groups excluding tert-OH is 1. The van der Waals surface area contributed by atoms with Crippen molar-refractivity contribution < 1.29 is 24.5 Å². The molecule has 2 aromatic carbocycles. The SMILES string of the molecule is Cc1ccc(O)c(N2C(=O)C(=O)/C(=C(/O)c3ccc(OC(C)C)cc3)C2c2cccnc2)c1. The van der Waals surface area contributed by atoms with Gasteiger partial charge in [-0.2, -0.15) is 0 Å². The van der Waals surface area contributed by atoms with E-state index in [9.17, 15) is 19.8 Å². The molecule has 33 heavy (non-hydrogen) atoms. The largest absolute Gasteiger partial charge is 0.507 e. The van der Waals surface area contributed by atoms with Crippen LogP contribution in [0.5, 0.6) is 11.5 Å². The second kappa shape index (κ2) is 8.78. The average molecular weight is 444 g/mol. The number of carbonyl (C=O) groups excluding carboxylic acids is 2. The summed E-state index contributed by atoms with van der Waals surface area (Å²) < 4.78 is 5.64. The molecule has 1 aromatic heterocycles. The van der Waals surface area contributed by atoms with Crippen LogP contribution in [0.4, 0.5) is 5.69 Å². The molecule has 1 atom stereocenters. The fourth-order valence-corrected chi connectivity index (χ4v) is 3.88. The summed E-state index contributed by atoms with van der Waals surface area (Å²) in [6.45, 7) is 5.63. The minimum atomic E-state index is -0.960. The molecule has 1 amide bonds. The second-order valence-corrected chi connectivity index (χ2v) is 8.14. The number of benzene rings is 2. The smallest absolute Gasteiger partial charge is 0.300 e. The van der Waals surface area contributed by atoms with Crippen molar-refractivity contribution in [2.75, 3.05) is 4.90 Å². The Morgan fingerprint density at radius 2 is 1.82 bits per heavy atom. The highest BCUT2D eigenvalue weighted by Crippen LogP contribution is 2.44. The minimum Gasteiger partial charge on any atom is -0.507 e. The normalized spacial score (nSPS) is 17.6. The van der Waals surface area contributed by atoms with Crippen LogP contribution in [0.3, 0.4) is 0 Å². The van der Waals surface area contributed by atoms with Crippen molar-refractivity contribution in [2.45, 2.75) is 32.9 Å². The predicted molar refractivity (Wildman–Crippen MR) is 124 cm³/mol. The molecule has 1 aliphatic heterocycles. The number of hydrogen-bond acceptors (Lipinski definition) is 6. The Labute approximate surface area is 191 Å². The number of anilines is 1. The van der Waals surface area contributed by atoms with Gasteiger partial charge in [0.15, 0.2) is 0 Å². The molecule has 1 aliphatic rings. The van der Waals surface area contributed by atoms with Gasteiger partial charge in [0, 0.05) is 18.0 Å². The Hall–Kier alpha value is -4.13. The maximum atomic E-state index is 13.2. The molecule has 0 bridgehead atoms. The fraction of sp³-hybridized carbons (Fsp3) is 0.192. The summed E-state index contributed by atoms with van der Waals surface area (Å²) in [5, 5.41) is 21.7. The first-order valence-electron chi connectivity index (χ1n) is 10.6. The van der Waals surface area contributed by atoms with E-state index in [4.69, 9.17) is 4.74 Å². The fourth-order valence-electron chi connectivity index (χ4n) is 3.88. The number of nitrogens with zero attached hydrogens (tertiary/aromatic N) is 2. The molecule has 0 saturated carbocycles. The molecule has 2 N–H and O–H groups in total. The molecular weight excluding hydrogens is 420 g/mol. The number of aliphatic hydroxyl groups is 1. The van der Waals surface area contributed by atoms with Gasteiger partial charge in [-0.25, -0.2) is 0 Å². The molecule has 7 nitrogen and oxygen atoms in total. The summed E-state index contributed by atoms with van der Waals surface area (Å²) in [7, 11) is 0.